The van der Waals surface area contributed by atoms with E-state index in [-0.39, 0.29) is 18.3 Å². The molecule has 0 spiro atoms. The first-order valence-corrected chi connectivity index (χ1v) is 6.74. The van der Waals surface area contributed by atoms with Crippen LogP contribution in [0.3, 0.4) is 0 Å². The van der Waals surface area contributed by atoms with Crippen molar-refractivity contribution in [1.29, 1.82) is 0 Å². The van der Waals surface area contributed by atoms with Gasteiger partial charge in [-0.2, -0.15) is 0 Å². The van der Waals surface area contributed by atoms with Crippen molar-refractivity contribution < 1.29 is 14.3 Å². The number of hydrogen-bond acceptors (Lipinski definition) is 4. The molecule has 1 amide bonds. The van der Waals surface area contributed by atoms with Gasteiger partial charge < -0.3 is 9.64 Å². The molecule has 1 aromatic heterocycles. The van der Waals surface area contributed by atoms with E-state index in [0.29, 0.717) is 13.1 Å². The molecule has 0 unspecified atom stereocenters. The first-order valence-electron chi connectivity index (χ1n) is 5.92. The number of methoxy groups -OCH3 is 1. The molecule has 1 aromatic rings. The molecular formula is C13H19NO3S. The van der Waals surface area contributed by atoms with Crippen molar-refractivity contribution in [2.75, 3.05) is 20.2 Å². The quantitative estimate of drug-likeness (QED) is 0.771. The van der Waals surface area contributed by atoms with E-state index in [0.717, 1.165) is 15.3 Å². The van der Waals surface area contributed by atoms with E-state index in [1.54, 1.807) is 16.2 Å². The maximum atomic E-state index is 12.3. The number of carbonyl (C=O) groups excluding carboxylic acids is 2. The van der Waals surface area contributed by atoms with Crippen LogP contribution in [-0.2, 0) is 9.53 Å². The van der Waals surface area contributed by atoms with Crippen LogP contribution in [0.4, 0.5) is 0 Å². The molecule has 0 atom stereocenters. The summed E-state index contributed by atoms with van der Waals surface area (Å²) in [6, 6.07) is 1.91. The summed E-state index contributed by atoms with van der Waals surface area (Å²) in [6.07, 6.45) is 0.234. The number of esters is 1. The van der Waals surface area contributed by atoms with Crippen LogP contribution in [0.5, 0.6) is 0 Å². The lowest BCUT2D eigenvalue weighted by atomic mass is 10.2. The van der Waals surface area contributed by atoms with Crippen LogP contribution in [-0.4, -0.2) is 37.0 Å². The number of thiophene rings is 1. The molecule has 5 heteroatoms. The van der Waals surface area contributed by atoms with Crippen LogP contribution in [0.15, 0.2) is 6.07 Å². The molecular weight excluding hydrogens is 250 g/mol. The number of nitrogens with zero attached hydrogens (tertiary/aromatic N) is 1. The molecule has 0 aliphatic rings. The van der Waals surface area contributed by atoms with Gasteiger partial charge in [-0.25, -0.2) is 0 Å². The first kappa shape index (κ1) is 14.7. The summed E-state index contributed by atoms with van der Waals surface area (Å²) >= 11 is 1.62. The van der Waals surface area contributed by atoms with Crippen LogP contribution < -0.4 is 0 Å². The van der Waals surface area contributed by atoms with Gasteiger partial charge in [0.1, 0.15) is 0 Å². The molecule has 0 radical (unpaired) electrons. The highest BCUT2D eigenvalue weighted by Crippen LogP contribution is 2.22. The Bertz CT molecular complexity index is 439. The molecule has 0 saturated heterocycles. The summed E-state index contributed by atoms with van der Waals surface area (Å²) in [5.41, 5.74) is 0.740. The van der Waals surface area contributed by atoms with Crippen LogP contribution >= 0.6 is 11.3 Å². The van der Waals surface area contributed by atoms with Gasteiger partial charge in [0, 0.05) is 22.8 Å². The zero-order chi connectivity index (χ0) is 13.7. The van der Waals surface area contributed by atoms with Gasteiger partial charge in [0.05, 0.1) is 19.1 Å². The Morgan fingerprint density at radius 2 is 2.06 bits per heavy atom. The predicted octanol–water partition coefficient (Wildman–Crippen LogP) is 2.39. The number of rotatable bonds is 5. The van der Waals surface area contributed by atoms with E-state index in [1.165, 1.54) is 7.11 Å². The van der Waals surface area contributed by atoms with Gasteiger partial charge in [-0.15, -0.1) is 11.3 Å². The number of hydrogen-bond donors (Lipinski definition) is 0. The van der Waals surface area contributed by atoms with Crippen molar-refractivity contribution in [2.24, 2.45) is 0 Å². The molecule has 0 aliphatic heterocycles. The Morgan fingerprint density at radius 1 is 1.39 bits per heavy atom. The van der Waals surface area contributed by atoms with Crippen molar-refractivity contribution in [3.8, 4) is 0 Å². The number of carbonyl (C=O) groups is 2. The highest BCUT2D eigenvalue weighted by Gasteiger charge is 2.18. The lowest BCUT2D eigenvalue weighted by molar-refractivity contribution is -0.140. The Morgan fingerprint density at radius 3 is 2.50 bits per heavy atom. The fraction of sp³-hybridized carbons (Fsp3) is 0.538. The van der Waals surface area contributed by atoms with Crippen LogP contribution in [0, 0.1) is 13.8 Å². The minimum Gasteiger partial charge on any atom is -0.469 e. The van der Waals surface area contributed by atoms with Crippen molar-refractivity contribution in [3.05, 3.63) is 21.4 Å². The summed E-state index contributed by atoms with van der Waals surface area (Å²) in [7, 11) is 1.35. The number of amides is 1. The number of aryl methyl sites for hydroxylation is 2. The van der Waals surface area contributed by atoms with Gasteiger partial charge in [-0.3, -0.25) is 9.59 Å². The van der Waals surface area contributed by atoms with E-state index >= 15 is 0 Å². The average Bonchev–Trinajstić information content (AvgIpc) is 2.68. The SMILES string of the molecule is CCN(CCC(=O)OC)C(=O)c1cc(C)sc1C. The second kappa shape index (κ2) is 6.54. The summed E-state index contributed by atoms with van der Waals surface area (Å²) < 4.78 is 4.58. The zero-order valence-corrected chi connectivity index (χ0v) is 12.1. The largest absolute Gasteiger partial charge is 0.469 e. The van der Waals surface area contributed by atoms with Gasteiger partial charge in [-0.1, -0.05) is 0 Å². The highest BCUT2D eigenvalue weighted by molar-refractivity contribution is 7.12. The molecule has 0 saturated carbocycles. The fourth-order valence-electron chi connectivity index (χ4n) is 1.75. The lowest BCUT2D eigenvalue weighted by Gasteiger charge is -2.20. The molecule has 0 fully saturated rings. The zero-order valence-electron chi connectivity index (χ0n) is 11.3. The lowest BCUT2D eigenvalue weighted by Crippen LogP contribution is -2.33. The predicted molar refractivity (Wildman–Crippen MR) is 72.0 cm³/mol. The fourth-order valence-corrected chi connectivity index (χ4v) is 2.66. The van der Waals surface area contributed by atoms with Crippen LogP contribution in [0.1, 0.15) is 33.5 Å². The third-order valence-corrected chi connectivity index (χ3v) is 3.72. The Labute approximate surface area is 112 Å². The van der Waals surface area contributed by atoms with E-state index in [1.807, 2.05) is 26.8 Å². The monoisotopic (exact) mass is 269 g/mol. The summed E-state index contributed by atoms with van der Waals surface area (Å²) in [6.45, 7) is 6.82. The minimum absolute atomic E-state index is 0.0109. The van der Waals surface area contributed by atoms with E-state index in [4.69, 9.17) is 0 Å². The molecule has 1 rings (SSSR count). The van der Waals surface area contributed by atoms with Crippen molar-refractivity contribution in [2.45, 2.75) is 27.2 Å². The Hall–Kier alpha value is -1.36. The molecule has 18 heavy (non-hydrogen) atoms. The maximum absolute atomic E-state index is 12.3. The Kier molecular flexibility index (Phi) is 5.34. The second-order valence-corrected chi connectivity index (χ2v) is 5.50. The summed E-state index contributed by atoms with van der Waals surface area (Å²) in [5, 5.41) is 0. The second-order valence-electron chi connectivity index (χ2n) is 4.04. The van der Waals surface area contributed by atoms with Gasteiger partial charge in [0.25, 0.3) is 5.91 Å². The van der Waals surface area contributed by atoms with E-state index < -0.39 is 0 Å². The molecule has 4 nitrogen and oxygen atoms in total. The van der Waals surface area contributed by atoms with E-state index in [9.17, 15) is 9.59 Å². The van der Waals surface area contributed by atoms with Gasteiger partial charge in [0.2, 0.25) is 0 Å². The first-order chi connectivity index (χ1) is 8.49. The highest BCUT2D eigenvalue weighted by atomic mass is 32.1. The molecule has 0 aromatic carbocycles. The maximum Gasteiger partial charge on any atom is 0.307 e. The third-order valence-electron chi connectivity index (χ3n) is 2.75. The minimum atomic E-state index is -0.292. The van der Waals surface area contributed by atoms with Gasteiger partial charge in [0.15, 0.2) is 0 Å². The van der Waals surface area contributed by atoms with Crippen molar-refractivity contribution >= 4 is 23.2 Å². The van der Waals surface area contributed by atoms with Crippen LogP contribution in [0.2, 0.25) is 0 Å². The van der Waals surface area contributed by atoms with Gasteiger partial charge in [-0.05, 0) is 26.8 Å². The smallest absolute Gasteiger partial charge is 0.307 e. The van der Waals surface area contributed by atoms with E-state index in [2.05, 4.69) is 4.74 Å². The average molecular weight is 269 g/mol. The van der Waals surface area contributed by atoms with Crippen molar-refractivity contribution in [1.82, 2.24) is 4.90 Å². The number of ether oxygens (including phenoxy) is 1. The standard InChI is InChI=1S/C13H19NO3S/c1-5-14(7-6-12(15)17-4)13(16)11-8-9(2)18-10(11)3/h8H,5-7H2,1-4H3. The van der Waals surface area contributed by atoms with Gasteiger partial charge >= 0.3 is 5.97 Å². The Balaban J connectivity index is 2.73. The molecule has 0 N–H and O–H groups in total. The molecule has 1 heterocycles. The molecule has 0 aliphatic carbocycles. The van der Waals surface area contributed by atoms with Crippen LogP contribution in [0.25, 0.3) is 0 Å². The normalized spacial score (nSPS) is 10.2. The third kappa shape index (κ3) is 3.57. The summed E-state index contributed by atoms with van der Waals surface area (Å²) in [4.78, 5) is 27.2. The molecule has 100 valence electrons. The topological polar surface area (TPSA) is 46.6 Å². The molecule has 0 bridgehead atoms. The van der Waals surface area contributed by atoms with Crippen molar-refractivity contribution in [3.63, 3.8) is 0 Å². The summed E-state index contributed by atoms with van der Waals surface area (Å²) in [5.74, 6) is -0.303.